The lowest BCUT2D eigenvalue weighted by atomic mass is 9.93. The molecular formula is C13H22N2S. The molecule has 0 radical (unpaired) electrons. The van der Waals surface area contributed by atoms with E-state index in [1.807, 2.05) is 0 Å². The molecule has 90 valence electrons. The fraction of sp³-hybridized carbons (Fsp3) is 0.692. The second-order valence-electron chi connectivity index (χ2n) is 5.64. The Labute approximate surface area is 102 Å². The smallest absolute Gasteiger partial charge is 0.0245 e. The Balaban J connectivity index is 1.95. The molecule has 1 fully saturated rings. The molecule has 3 heteroatoms. The van der Waals surface area contributed by atoms with Gasteiger partial charge in [0, 0.05) is 19.1 Å². The third-order valence-corrected chi connectivity index (χ3v) is 3.94. The third kappa shape index (κ3) is 3.30. The molecule has 2 N–H and O–H groups in total. The molecule has 0 amide bonds. The van der Waals surface area contributed by atoms with Crippen LogP contribution in [0.25, 0.3) is 0 Å². The van der Waals surface area contributed by atoms with Crippen molar-refractivity contribution in [1.29, 1.82) is 0 Å². The highest BCUT2D eigenvalue weighted by atomic mass is 32.1. The fourth-order valence-corrected chi connectivity index (χ4v) is 2.65. The van der Waals surface area contributed by atoms with Crippen molar-refractivity contribution in [3.63, 3.8) is 0 Å². The van der Waals surface area contributed by atoms with Gasteiger partial charge in [-0.05, 0) is 47.2 Å². The van der Waals surface area contributed by atoms with Crippen LogP contribution in [0.5, 0.6) is 0 Å². The Bertz CT molecular complexity index is 315. The van der Waals surface area contributed by atoms with Gasteiger partial charge in [0.05, 0.1) is 0 Å². The molecule has 1 aliphatic carbocycles. The lowest BCUT2D eigenvalue weighted by Crippen LogP contribution is -2.39. The minimum Gasteiger partial charge on any atom is -0.330 e. The molecule has 1 aromatic rings. The predicted molar refractivity (Wildman–Crippen MR) is 70.6 cm³/mol. The van der Waals surface area contributed by atoms with Crippen LogP contribution in [0.1, 0.15) is 32.3 Å². The van der Waals surface area contributed by atoms with Crippen molar-refractivity contribution in [2.45, 2.75) is 39.3 Å². The van der Waals surface area contributed by atoms with E-state index >= 15 is 0 Å². The first kappa shape index (κ1) is 12.1. The quantitative estimate of drug-likeness (QED) is 0.825. The van der Waals surface area contributed by atoms with E-state index in [1.54, 1.807) is 11.3 Å². The van der Waals surface area contributed by atoms with Crippen LogP contribution in [0, 0.1) is 5.41 Å². The molecule has 0 spiro atoms. The van der Waals surface area contributed by atoms with Crippen LogP contribution in [0.4, 0.5) is 0 Å². The monoisotopic (exact) mass is 238 g/mol. The summed E-state index contributed by atoms with van der Waals surface area (Å²) in [6, 6.07) is 3.04. The van der Waals surface area contributed by atoms with Gasteiger partial charge in [-0.25, -0.2) is 0 Å². The van der Waals surface area contributed by atoms with Crippen molar-refractivity contribution in [2.75, 3.05) is 13.1 Å². The zero-order valence-electron chi connectivity index (χ0n) is 10.3. The van der Waals surface area contributed by atoms with E-state index in [0.29, 0.717) is 0 Å². The minimum atomic E-state index is 0.235. The maximum atomic E-state index is 5.82. The van der Waals surface area contributed by atoms with Crippen LogP contribution in [0.3, 0.4) is 0 Å². The van der Waals surface area contributed by atoms with E-state index in [0.717, 1.165) is 25.7 Å². The van der Waals surface area contributed by atoms with Crippen molar-refractivity contribution < 1.29 is 0 Å². The van der Waals surface area contributed by atoms with Gasteiger partial charge < -0.3 is 5.73 Å². The van der Waals surface area contributed by atoms with Gasteiger partial charge in [-0.3, -0.25) is 4.90 Å². The Morgan fingerprint density at radius 2 is 2.25 bits per heavy atom. The summed E-state index contributed by atoms with van der Waals surface area (Å²) in [5.41, 5.74) is 7.51. The van der Waals surface area contributed by atoms with Gasteiger partial charge in [0.1, 0.15) is 0 Å². The van der Waals surface area contributed by atoms with Crippen molar-refractivity contribution in [3.05, 3.63) is 22.4 Å². The molecule has 2 rings (SSSR count). The summed E-state index contributed by atoms with van der Waals surface area (Å²) in [5, 5.41) is 4.42. The first-order chi connectivity index (χ1) is 7.61. The molecule has 0 atom stereocenters. The van der Waals surface area contributed by atoms with Crippen LogP contribution in [-0.4, -0.2) is 24.0 Å². The van der Waals surface area contributed by atoms with Gasteiger partial charge in [0.25, 0.3) is 0 Å². The Kier molecular flexibility index (Phi) is 3.67. The largest absolute Gasteiger partial charge is 0.330 e. The summed E-state index contributed by atoms with van der Waals surface area (Å²) >= 11 is 1.79. The summed E-state index contributed by atoms with van der Waals surface area (Å²) < 4.78 is 0. The molecule has 0 bridgehead atoms. The summed E-state index contributed by atoms with van der Waals surface area (Å²) in [7, 11) is 0. The lowest BCUT2D eigenvalue weighted by Gasteiger charge is -2.31. The third-order valence-electron chi connectivity index (χ3n) is 3.21. The summed E-state index contributed by atoms with van der Waals surface area (Å²) in [6.45, 7) is 7.49. The summed E-state index contributed by atoms with van der Waals surface area (Å²) in [5.74, 6) is 0. The number of nitrogens with two attached hydrogens (primary N) is 1. The maximum Gasteiger partial charge on any atom is 0.0245 e. The predicted octanol–water partition coefficient (Wildman–Crippen LogP) is 2.70. The molecule has 1 aliphatic rings. The average molecular weight is 238 g/mol. The second kappa shape index (κ2) is 4.86. The standard InChI is InChI=1S/C13H22N2S/c1-13(2,9-14)10-15(12-3-4-12)7-11-5-6-16-8-11/h5-6,8,12H,3-4,7,9-10,14H2,1-2H3. The number of nitrogens with zero attached hydrogens (tertiary/aromatic N) is 1. The van der Waals surface area contributed by atoms with E-state index in [9.17, 15) is 0 Å². The first-order valence-electron chi connectivity index (χ1n) is 6.06. The maximum absolute atomic E-state index is 5.82. The number of rotatable bonds is 6. The molecule has 1 aromatic heterocycles. The molecule has 2 nitrogen and oxygen atoms in total. The Hall–Kier alpha value is -0.380. The van der Waals surface area contributed by atoms with Gasteiger partial charge in [-0.15, -0.1) is 0 Å². The normalized spacial score (nSPS) is 17.0. The molecule has 0 unspecified atom stereocenters. The Morgan fingerprint density at radius 1 is 1.50 bits per heavy atom. The number of thiophene rings is 1. The van der Waals surface area contributed by atoms with E-state index in [2.05, 4.69) is 35.6 Å². The van der Waals surface area contributed by atoms with Crippen LogP contribution >= 0.6 is 11.3 Å². The van der Waals surface area contributed by atoms with Crippen LogP contribution in [0.15, 0.2) is 16.8 Å². The first-order valence-corrected chi connectivity index (χ1v) is 7.00. The van der Waals surface area contributed by atoms with E-state index in [-0.39, 0.29) is 5.41 Å². The van der Waals surface area contributed by atoms with Crippen LogP contribution in [-0.2, 0) is 6.54 Å². The van der Waals surface area contributed by atoms with Crippen molar-refractivity contribution in [2.24, 2.45) is 11.1 Å². The van der Waals surface area contributed by atoms with Gasteiger partial charge in [-0.2, -0.15) is 11.3 Å². The number of hydrogen-bond acceptors (Lipinski definition) is 3. The molecule has 1 saturated carbocycles. The highest BCUT2D eigenvalue weighted by Gasteiger charge is 2.32. The van der Waals surface area contributed by atoms with Crippen molar-refractivity contribution in [1.82, 2.24) is 4.90 Å². The lowest BCUT2D eigenvalue weighted by molar-refractivity contribution is 0.167. The van der Waals surface area contributed by atoms with E-state index < -0.39 is 0 Å². The van der Waals surface area contributed by atoms with Gasteiger partial charge >= 0.3 is 0 Å². The van der Waals surface area contributed by atoms with Gasteiger partial charge in [0.2, 0.25) is 0 Å². The van der Waals surface area contributed by atoms with Gasteiger partial charge in [-0.1, -0.05) is 13.8 Å². The average Bonchev–Trinajstić information content (AvgIpc) is 2.97. The molecule has 0 saturated heterocycles. The van der Waals surface area contributed by atoms with E-state index in [4.69, 9.17) is 5.73 Å². The van der Waals surface area contributed by atoms with Crippen LogP contribution in [0.2, 0.25) is 0 Å². The summed E-state index contributed by atoms with van der Waals surface area (Å²) in [6.07, 6.45) is 2.73. The fourth-order valence-electron chi connectivity index (χ4n) is 1.99. The molecule has 0 aliphatic heterocycles. The molecular weight excluding hydrogens is 216 g/mol. The zero-order valence-corrected chi connectivity index (χ0v) is 11.1. The topological polar surface area (TPSA) is 29.3 Å². The minimum absolute atomic E-state index is 0.235. The molecule has 0 aromatic carbocycles. The molecule has 1 heterocycles. The van der Waals surface area contributed by atoms with E-state index in [1.165, 1.54) is 18.4 Å². The summed E-state index contributed by atoms with van der Waals surface area (Å²) in [4.78, 5) is 2.61. The van der Waals surface area contributed by atoms with Crippen molar-refractivity contribution in [3.8, 4) is 0 Å². The highest BCUT2D eigenvalue weighted by Crippen LogP contribution is 2.31. The SMILES string of the molecule is CC(C)(CN)CN(Cc1ccsc1)C1CC1. The zero-order chi connectivity index (χ0) is 11.6. The van der Waals surface area contributed by atoms with Crippen molar-refractivity contribution >= 4 is 11.3 Å². The number of hydrogen-bond donors (Lipinski definition) is 1. The van der Waals surface area contributed by atoms with Gasteiger partial charge in [0.15, 0.2) is 0 Å². The van der Waals surface area contributed by atoms with Crippen LogP contribution < -0.4 is 5.73 Å². The molecule has 16 heavy (non-hydrogen) atoms. The Morgan fingerprint density at radius 3 is 2.75 bits per heavy atom. The second-order valence-corrected chi connectivity index (χ2v) is 6.42. The highest BCUT2D eigenvalue weighted by molar-refractivity contribution is 7.07.